The zero-order chi connectivity index (χ0) is 11.8. The average molecular weight is 324 g/mol. The maximum Gasteiger partial charge on any atom is 0.252 e. The second-order valence-corrected chi connectivity index (χ2v) is 8.13. The lowest BCUT2D eigenvalue weighted by Crippen LogP contribution is -2.38. The topological polar surface area (TPSA) is 54.5 Å². The minimum atomic E-state index is -3.40. The molecule has 0 aliphatic carbocycles. The fourth-order valence-corrected chi connectivity index (χ4v) is 5.15. The summed E-state index contributed by atoms with van der Waals surface area (Å²) >= 11 is 4.43. The molecule has 0 bridgehead atoms. The van der Waals surface area contributed by atoms with Crippen molar-refractivity contribution < 1.29 is 13.2 Å². The molecular formula is C9H10BrNO3S2. The van der Waals surface area contributed by atoms with E-state index in [-0.39, 0.29) is 5.78 Å². The fraction of sp³-hybridized carbons (Fsp3) is 0.444. The van der Waals surface area contributed by atoms with E-state index in [1.54, 1.807) is 12.1 Å². The van der Waals surface area contributed by atoms with E-state index in [4.69, 9.17) is 0 Å². The second-order valence-electron chi connectivity index (χ2n) is 3.50. The number of ketones is 1. The molecule has 0 amide bonds. The molecule has 4 nitrogen and oxygen atoms in total. The Labute approximate surface area is 106 Å². The molecule has 0 atom stereocenters. The van der Waals surface area contributed by atoms with Gasteiger partial charge in [0.05, 0.1) is 3.79 Å². The SMILES string of the molecule is O=C1CCN(S(=O)(=O)c2ccc(Br)s2)CC1. The van der Waals surface area contributed by atoms with Crippen LogP contribution < -0.4 is 0 Å². The molecule has 1 aliphatic heterocycles. The van der Waals surface area contributed by atoms with Gasteiger partial charge >= 0.3 is 0 Å². The molecular weight excluding hydrogens is 314 g/mol. The highest BCUT2D eigenvalue weighted by atomic mass is 79.9. The van der Waals surface area contributed by atoms with Gasteiger partial charge in [0.1, 0.15) is 9.99 Å². The summed E-state index contributed by atoms with van der Waals surface area (Å²) < 4.78 is 26.7. The number of nitrogens with zero attached hydrogens (tertiary/aromatic N) is 1. The standard InChI is InChI=1S/C9H10BrNO3S2/c10-8-1-2-9(15-8)16(13,14)11-5-3-7(12)4-6-11/h1-2H,3-6H2. The Balaban J connectivity index is 2.23. The maximum absolute atomic E-state index is 12.1. The predicted octanol–water partition coefficient (Wildman–Crippen LogP) is 1.86. The molecule has 1 fully saturated rings. The molecule has 0 spiro atoms. The molecule has 2 heterocycles. The molecule has 0 radical (unpaired) electrons. The van der Waals surface area contributed by atoms with Gasteiger partial charge in [0.25, 0.3) is 10.0 Å². The van der Waals surface area contributed by atoms with Crippen molar-refractivity contribution >= 4 is 43.1 Å². The van der Waals surface area contributed by atoms with Gasteiger partial charge < -0.3 is 0 Å². The van der Waals surface area contributed by atoms with Gasteiger partial charge in [-0.1, -0.05) is 0 Å². The van der Waals surface area contributed by atoms with Crippen molar-refractivity contribution in [2.45, 2.75) is 17.1 Å². The predicted molar refractivity (Wildman–Crippen MR) is 65.0 cm³/mol. The number of thiophene rings is 1. The zero-order valence-corrected chi connectivity index (χ0v) is 11.6. The Bertz CT molecular complexity index is 499. The molecule has 0 unspecified atom stereocenters. The number of halogens is 1. The molecule has 1 aliphatic rings. The van der Waals surface area contributed by atoms with Crippen molar-refractivity contribution in [1.29, 1.82) is 0 Å². The first kappa shape index (κ1) is 12.2. The van der Waals surface area contributed by atoms with E-state index in [1.165, 1.54) is 15.6 Å². The summed E-state index contributed by atoms with van der Waals surface area (Å²) in [4.78, 5) is 11.0. The summed E-state index contributed by atoms with van der Waals surface area (Å²) in [7, 11) is -3.40. The number of hydrogen-bond acceptors (Lipinski definition) is 4. The van der Waals surface area contributed by atoms with E-state index in [0.29, 0.717) is 30.1 Å². The Morgan fingerprint density at radius 2 is 1.88 bits per heavy atom. The Morgan fingerprint density at radius 3 is 2.38 bits per heavy atom. The van der Waals surface area contributed by atoms with Crippen LogP contribution in [0.2, 0.25) is 0 Å². The lowest BCUT2D eigenvalue weighted by atomic mass is 10.1. The third-order valence-electron chi connectivity index (χ3n) is 2.42. The van der Waals surface area contributed by atoms with Crippen LogP contribution in [0.5, 0.6) is 0 Å². The van der Waals surface area contributed by atoms with Crippen LogP contribution in [0.1, 0.15) is 12.8 Å². The van der Waals surface area contributed by atoms with Crippen molar-refractivity contribution in [2.24, 2.45) is 0 Å². The van der Waals surface area contributed by atoms with Crippen LogP contribution in [0.4, 0.5) is 0 Å². The van der Waals surface area contributed by atoms with Crippen molar-refractivity contribution in [3.8, 4) is 0 Å². The van der Waals surface area contributed by atoms with Gasteiger partial charge in [-0.2, -0.15) is 4.31 Å². The van der Waals surface area contributed by atoms with Crippen LogP contribution in [-0.4, -0.2) is 31.6 Å². The molecule has 1 aromatic rings. The van der Waals surface area contributed by atoms with Crippen molar-refractivity contribution in [2.75, 3.05) is 13.1 Å². The van der Waals surface area contributed by atoms with Gasteiger partial charge in [0.15, 0.2) is 0 Å². The van der Waals surface area contributed by atoms with Gasteiger partial charge in [-0.25, -0.2) is 8.42 Å². The molecule has 0 aromatic carbocycles. The number of hydrogen-bond donors (Lipinski definition) is 0. The van der Waals surface area contributed by atoms with Crippen LogP contribution >= 0.6 is 27.3 Å². The third-order valence-corrected chi connectivity index (χ3v) is 6.41. The van der Waals surface area contributed by atoms with Gasteiger partial charge in [-0.05, 0) is 28.1 Å². The lowest BCUT2D eigenvalue weighted by Gasteiger charge is -2.24. The summed E-state index contributed by atoms with van der Waals surface area (Å²) in [6.07, 6.45) is 0.650. The zero-order valence-electron chi connectivity index (χ0n) is 8.35. The second kappa shape index (κ2) is 4.56. The van der Waals surface area contributed by atoms with Gasteiger partial charge in [-0.15, -0.1) is 11.3 Å². The fourth-order valence-electron chi connectivity index (χ4n) is 1.54. The van der Waals surface area contributed by atoms with E-state index in [0.717, 1.165) is 3.79 Å². The molecule has 88 valence electrons. The number of Topliss-reactive ketones (excluding diaryl/α,β-unsaturated/α-hetero) is 1. The number of carbonyl (C=O) groups excluding carboxylic acids is 1. The van der Waals surface area contributed by atoms with Crippen molar-refractivity contribution in [3.05, 3.63) is 15.9 Å². The summed E-state index contributed by atoms with van der Waals surface area (Å²) in [5, 5.41) is 0. The lowest BCUT2D eigenvalue weighted by molar-refractivity contribution is -0.120. The van der Waals surface area contributed by atoms with E-state index < -0.39 is 10.0 Å². The Morgan fingerprint density at radius 1 is 1.25 bits per heavy atom. The van der Waals surface area contributed by atoms with Crippen LogP contribution in [0.15, 0.2) is 20.1 Å². The molecule has 7 heteroatoms. The maximum atomic E-state index is 12.1. The van der Waals surface area contributed by atoms with E-state index in [1.807, 2.05) is 0 Å². The quantitative estimate of drug-likeness (QED) is 0.834. The monoisotopic (exact) mass is 323 g/mol. The minimum Gasteiger partial charge on any atom is -0.300 e. The van der Waals surface area contributed by atoms with Gasteiger partial charge in [-0.3, -0.25) is 4.79 Å². The normalized spacial score (nSPS) is 18.9. The summed E-state index contributed by atoms with van der Waals surface area (Å²) in [5.74, 6) is 0.138. The summed E-state index contributed by atoms with van der Waals surface area (Å²) in [6.45, 7) is 0.605. The number of piperidine rings is 1. The van der Waals surface area contributed by atoms with Crippen LogP contribution in [0.3, 0.4) is 0 Å². The first-order valence-corrected chi connectivity index (χ1v) is 7.82. The first-order valence-electron chi connectivity index (χ1n) is 4.77. The molecule has 16 heavy (non-hydrogen) atoms. The highest BCUT2D eigenvalue weighted by Gasteiger charge is 2.29. The van der Waals surface area contributed by atoms with Gasteiger partial charge in [0, 0.05) is 25.9 Å². The molecule has 0 saturated carbocycles. The largest absolute Gasteiger partial charge is 0.300 e. The molecule has 1 saturated heterocycles. The number of carbonyl (C=O) groups is 1. The highest BCUT2D eigenvalue weighted by molar-refractivity contribution is 9.11. The molecule has 1 aromatic heterocycles. The van der Waals surface area contributed by atoms with Crippen molar-refractivity contribution in [1.82, 2.24) is 4.31 Å². The van der Waals surface area contributed by atoms with Crippen LogP contribution in [-0.2, 0) is 14.8 Å². The summed E-state index contributed by atoms with van der Waals surface area (Å²) in [5.41, 5.74) is 0. The average Bonchev–Trinajstić information content (AvgIpc) is 2.66. The Kier molecular flexibility index (Phi) is 3.48. The van der Waals surface area contributed by atoms with E-state index in [2.05, 4.69) is 15.9 Å². The van der Waals surface area contributed by atoms with Crippen molar-refractivity contribution in [3.63, 3.8) is 0 Å². The minimum absolute atomic E-state index is 0.138. The Hall–Kier alpha value is -0.240. The number of rotatable bonds is 2. The van der Waals surface area contributed by atoms with E-state index in [9.17, 15) is 13.2 Å². The molecule has 0 N–H and O–H groups in total. The first-order chi connectivity index (χ1) is 7.50. The third kappa shape index (κ3) is 2.37. The number of sulfonamides is 1. The van der Waals surface area contributed by atoms with Crippen LogP contribution in [0.25, 0.3) is 0 Å². The smallest absolute Gasteiger partial charge is 0.252 e. The molecule has 2 rings (SSSR count). The van der Waals surface area contributed by atoms with Crippen LogP contribution in [0, 0.1) is 0 Å². The van der Waals surface area contributed by atoms with E-state index >= 15 is 0 Å². The van der Waals surface area contributed by atoms with Gasteiger partial charge in [0.2, 0.25) is 0 Å². The highest BCUT2D eigenvalue weighted by Crippen LogP contribution is 2.29. The summed E-state index contributed by atoms with van der Waals surface area (Å²) in [6, 6.07) is 3.30.